The smallest absolute Gasteiger partial charge is 0.272 e. The van der Waals surface area contributed by atoms with Crippen LogP contribution in [0.3, 0.4) is 0 Å². The monoisotopic (exact) mass is 402 g/mol. The number of halogens is 1. The van der Waals surface area contributed by atoms with Crippen LogP contribution in [0.1, 0.15) is 58.8 Å². The Labute approximate surface area is 168 Å². The van der Waals surface area contributed by atoms with Crippen molar-refractivity contribution in [2.75, 3.05) is 0 Å². The van der Waals surface area contributed by atoms with Gasteiger partial charge in [-0.25, -0.2) is 4.98 Å². The molecular formula is C21H27ClN4O2. The van der Waals surface area contributed by atoms with Gasteiger partial charge < -0.3 is 15.0 Å². The maximum atomic E-state index is 12.4. The summed E-state index contributed by atoms with van der Waals surface area (Å²) in [5, 5.41) is 1.11. The van der Waals surface area contributed by atoms with E-state index in [4.69, 9.17) is 11.6 Å². The Kier molecular flexibility index (Phi) is 7.02. The van der Waals surface area contributed by atoms with E-state index in [1.807, 2.05) is 46.8 Å². The predicted octanol–water partition coefficient (Wildman–Crippen LogP) is 2.56. The lowest BCUT2D eigenvalue weighted by atomic mass is 9.90. The molecule has 0 atom stereocenters. The second-order valence-corrected chi connectivity index (χ2v) is 8.14. The Morgan fingerprint density at radius 2 is 1.82 bits per heavy atom. The quantitative estimate of drug-likeness (QED) is 0.671. The van der Waals surface area contributed by atoms with Crippen molar-refractivity contribution >= 4 is 23.8 Å². The molecule has 2 heterocycles. The molecule has 0 aliphatic rings. The maximum Gasteiger partial charge on any atom is 0.272 e. The number of imidazole rings is 1. The second-order valence-electron chi connectivity index (χ2n) is 7.70. The van der Waals surface area contributed by atoms with E-state index in [1.54, 1.807) is 18.5 Å². The van der Waals surface area contributed by atoms with E-state index in [1.165, 1.54) is 0 Å². The minimum absolute atomic E-state index is 0.162. The van der Waals surface area contributed by atoms with Gasteiger partial charge in [-0.1, -0.05) is 50.1 Å². The summed E-state index contributed by atoms with van der Waals surface area (Å²) >= 11 is 5.98. The van der Waals surface area contributed by atoms with Crippen molar-refractivity contribution < 1.29 is 0 Å². The van der Waals surface area contributed by atoms with Crippen LogP contribution in [0.4, 0.5) is 0 Å². The normalized spacial score (nSPS) is 14.8. The summed E-state index contributed by atoms with van der Waals surface area (Å²) in [6, 6.07) is 0. The molecule has 7 heteroatoms. The van der Waals surface area contributed by atoms with E-state index in [2.05, 4.69) is 19.9 Å². The van der Waals surface area contributed by atoms with Gasteiger partial charge >= 0.3 is 0 Å². The van der Waals surface area contributed by atoms with E-state index in [0.29, 0.717) is 17.1 Å². The molecule has 0 fully saturated rings. The Bertz CT molecular complexity index is 1120. The molecule has 2 aromatic heterocycles. The summed E-state index contributed by atoms with van der Waals surface area (Å²) in [6.45, 7) is 9.98. The molecule has 2 rings (SSSR count). The summed E-state index contributed by atoms with van der Waals surface area (Å²) in [6.07, 6.45) is 9.95. The molecule has 0 spiro atoms. The molecule has 0 saturated heterocycles. The van der Waals surface area contributed by atoms with Crippen LogP contribution in [0.15, 0.2) is 38.7 Å². The molecule has 0 aromatic carbocycles. The summed E-state index contributed by atoms with van der Waals surface area (Å²) < 4.78 is 0. The number of nitrogens with zero attached hydrogens (tertiary/aromatic N) is 1. The van der Waals surface area contributed by atoms with Crippen LogP contribution in [-0.2, 0) is 5.41 Å². The van der Waals surface area contributed by atoms with Gasteiger partial charge in [0.25, 0.3) is 11.1 Å². The lowest BCUT2D eigenvalue weighted by molar-refractivity contribution is 0.571. The van der Waals surface area contributed by atoms with Crippen molar-refractivity contribution in [1.29, 1.82) is 0 Å². The molecule has 2 aromatic rings. The molecular weight excluding hydrogens is 376 g/mol. The minimum Gasteiger partial charge on any atom is -0.348 e. The van der Waals surface area contributed by atoms with Gasteiger partial charge in [0.2, 0.25) is 0 Å². The number of H-pyrrole nitrogens is 3. The molecule has 0 radical (unpaired) electrons. The first-order valence-electron chi connectivity index (χ1n) is 9.19. The van der Waals surface area contributed by atoms with E-state index < -0.39 is 0 Å². The highest BCUT2D eigenvalue weighted by atomic mass is 35.5. The van der Waals surface area contributed by atoms with Crippen LogP contribution >= 0.6 is 11.6 Å². The lowest BCUT2D eigenvalue weighted by Crippen LogP contribution is -2.46. The number of aromatic nitrogens is 4. The van der Waals surface area contributed by atoms with Crippen LogP contribution in [-0.4, -0.2) is 19.9 Å². The van der Waals surface area contributed by atoms with Gasteiger partial charge in [0, 0.05) is 16.1 Å². The van der Waals surface area contributed by atoms with Crippen molar-refractivity contribution in [2.45, 2.75) is 52.9 Å². The van der Waals surface area contributed by atoms with Gasteiger partial charge in [-0.3, -0.25) is 9.59 Å². The van der Waals surface area contributed by atoms with Gasteiger partial charge in [0.1, 0.15) is 10.7 Å². The van der Waals surface area contributed by atoms with Gasteiger partial charge in [0.05, 0.1) is 12.0 Å². The summed E-state index contributed by atoms with van der Waals surface area (Å²) in [5.74, 6) is 0. The fraction of sp³-hybridized carbons (Fsp3) is 0.381. The molecule has 0 aliphatic carbocycles. The Morgan fingerprint density at radius 3 is 2.46 bits per heavy atom. The third-order valence-corrected chi connectivity index (χ3v) is 4.56. The molecule has 6 nitrogen and oxygen atoms in total. The second kappa shape index (κ2) is 9.06. The fourth-order valence-electron chi connectivity index (χ4n) is 2.72. The standard InChI is InChI=1S/C21H27ClN4O2/c1-6-14(22)10-13(2)8-7-9-15-19(27)26-17(20(28)25-15)11-16-18(21(3,4)5)24-12-23-16/h6,9-12H,7-8H2,1-5H3,(H,23,24)(H,25,28)(H,26,27)/b13-10+,14-6+,15-9-,17-11-. The van der Waals surface area contributed by atoms with Gasteiger partial charge in [-0.2, -0.15) is 0 Å². The Morgan fingerprint density at radius 1 is 1.18 bits per heavy atom. The van der Waals surface area contributed by atoms with Crippen LogP contribution in [0, 0.1) is 0 Å². The zero-order valence-corrected chi connectivity index (χ0v) is 17.7. The summed E-state index contributed by atoms with van der Waals surface area (Å²) in [4.78, 5) is 37.4. The average Bonchev–Trinajstić information content (AvgIpc) is 3.07. The topological polar surface area (TPSA) is 94.4 Å². The van der Waals surface area contributed by atoms with Gasteiger partial charge in [-0.15, -0.1) is 0 Å². The average molecular weight is 403 g/mol. The fourth-order valence-corrected chi connectivity index (χ4v) is 2.91. The third-order valence-electron chi connectivity index (χ3n) is 4.23. The van der Waals surface area contributed by atoms with Crippen LogP contribution in [0.2, 0.25) is 0 Å². The summed E-state index contributed by atoms with van der Waals surface area (Å²) in [7, 11) is 0. The summed E-state index contributed by atoms with van der Waals surface area (Å²) in [5.41, 5.74) is 1.75. The van der Waals surface area contributed by atoms with Crippen molar-refractivity contribution in [2.24, 2.45) is 0 Å². The van der Waals surface area contributed by atoms with E-state index in [9.17, 15) is 9.59 Å². The minimum atomic E-state index is -0.363. The molecule has 28 heavy (non-hydrogen) atoms. The highest BCUT2D eigenvalue weighted by Crippen LogP contribution is 2.22. The first-order valence-corrected chi connectivity index (χ1v) is 9.57. The van der Waals surface area contributed by atoms with Crippen LogP contribution in [0.5, 0.6) is 0 Å². The van der Waals surface area contributed by atoms with Crippen molar-refractivity contribution in [1.82, 2.24) is 19.9 Å². The Hall–Kier alpha value is -2.60. The van der Waals surface area contributed by atoms with E-state index in [-0.39, 0.29) is 27.2 Å². The van der Waals surface area contributed by atoms with Crippen molar-refractivity contribution in [3.8, 4) is 0 Å². The SMILES string of the molecule is C/C=C(Cl)\C=C(/C)CC/C=c1\[nH]c(=O)/c(=C/c2nc[nH]c2C(C)(C)C)[nH]c1=O. The first-order chi connectivity index (χ1) is 13.1. The number of nitrogens with one attached hydrogen (secondary N) is 3. The van der Waals surface area contributed by atoms with Crippen LogP contribution in [0.25, 0.3) is 12.2 Å². The zero-order valence-electron chi connectivity index (χ0n) is 16.9. The highest BCUT2D eigenvalue weighted by molar-refractivity contribution is 6.31. The highest BCUT2D eigenvalue weighted by Gasteiger charge is 2.19. The number of hydrogen-bond acceptors (Lipinski definition) is 3. The van der Waals surface area contributed by atoms with Gasteiger partial charge in [0.15, 0.2) is 0 Å². The maximum absolute atomic E-state index is 12.4. The van der Waals surface area contributed by atoms with E-state index >= 15 is 0 Å². The Balaban J connectivity index is 2.34. The first kappa shape index (κ1) is 21.7. The number of hydrogen-bond donors (Lipinski definition) is 3. The molecule has 3 N–H and O–H groups in total. The molecule has 0 saturated carbocycles. The lowest BCUT2D eigenvalue weighted by Gasteiger charge is -2.16. The third kappa shape index (κ3) is 5.70. The molecule has 0 bridgehead atoms. The number of allylic oxidation sites excluding steroid dienone is 4. The molecule has 0 aliphatic heterocycles. The molecule has 0 amide bonds. The van der Waals surface area contributed by atoms with Crippen LogP contribution < -0.4 is 21.8 Å². The zero-order chi connectivity index (χ0) is 20.9. The number of aromatic amines is 3. The van der Waals surface area contributed by atoms with Crippen molar-refractivity contribution in [3.63, 3.8) is 0 Å². The largest absolute Gasteiger partial charge is 0.348 e. The molecule has 150 valence electrons. The van der Waals surface area contributed by atoms with Gasteiger partial charge in [-0.05, 0) is 38.8 Å². The number of rotatable bonds is 5. The van der Waals surface area contributed by atoms with Crippen molar-refractivity contribution in [3.05, 3.63) is 71.9 Å². The predicted molar refractivity (Wildman–Crippen MR) is 115 cm³/mol. The molecule has 0 unspecified atom stereocenters. The van der Waals surface area contributed by atoms with E-state index in [0.717, 1.165) is 17.7 Å².